The number of fused-ring (bicyclic) bond motifs is 1. The fourth-order valence-corrected chi connectivity index (χ4v) is 4.71. The SMILES string of the molecule is COc1ccc([C@H]2[C@H]3C(=O)N(c4ccc([N+](=O)[O-])cc4)C(=O)[C@@H]3ON2c2ccc(Cl)cc2)c(OC)c1. The van der Waals surface area contributed by atoms with E-state index in [9.17, 15) is 19.7 Å². The molecule has 11 heteroatoms. The highest BCUT2D eigenvalue weighted by atomic mass is 35.5. The second-order valence-electron chi connectivity index (χ2n) is 8.19. The lowest BCUT2D eigenvalue weighted by Gasteiger charge is -2.29. The van der Waals surface area contributed by atoms with E-state index in [1.54, 1.807) is 42.5 Å². The number of non-ortho nitro benzene ring substituents is 1. The number of benzene rings is 3. The summed E-state index contributed by atoms with van der Waals surface area (Å²) in [7, 11) is 3.04. The van der Waals surface area contributed by atoms with Gasteiger partial charge in [-0.3, -0.25) is 24.5 Å². The van der Waals surface area contributed by atoms with E-state index in [-0.39, 0.29) is 11.4 Å². The molecule has 36 heavy (non-hydrogen) atoms. The number of carbonyl (C=O) groups is 2. The van der Waals surface area contributed by atoms with E-state index in [2.05, 4.69) is 0 Å². The highest BCUT2D eigenvalue weighted by Gasteiger charge is 2.60. The molecule has 10 nitrogen and oxygen atoms in total. The van der Waals surface area contributed by atoms with Crippen LogP contribution in [0, 0.1) is 16.0 Å². The Morgan fingerprint density at radius 1 is 0.917 bits per heavy atom. The molecule has 2 amide bonds. The molecule has 2 fully saturated rings. The van der Waals surface area contributed by atoms with Crippen LogP contribution in [0.3, 0.4) is 0 Å². The monoisotopic (exact) mass is 509 g/mol. The number of hydroxylamine groups is 1. The third-order valence-corrected chi connectivity index (χ3v) is 6.53. The smallest absolute Gasteiger partial charge is 0.269 e. The van der Waals surface area contributed by atoms with E-state index in [1.165, 1.54) is 43.5 Å². The first-order valence-corrected chi connectivity index (χ1v) is 11.3. The van der Waals surface area contributed by atoms with Gasteiger partial charge in [-0.2, -0.15) is 0 Å². The normalized spacial score (nSPS) is 21.0. The molecule has 0 bridgehead atoms. The Hall–Kier alpha value is -4.15. The second kappa shape index (κ2) is 9.14. The minimum Gasteiger partial charge on any atom is -0.497 e. The topological polar surface area (TPSA) is 111 Å². The van der Waals surface area contributed by atoms with Crippen molar-refractivity contribution in [2.45, 2.75) is 12.1 Å². The quantitative estimate of drug-likeness (QED) is 0.274. The molecule has 0 aromatic heterocycles. The van der Waals surface area contributed by atoms with Crippen molar-refractivity contribution in [3.63, 3.8) is 0 Å². The summed E-state index contributed by atoms with van der Waals surface area (Å²) < 4.78 is 10.9. The van der Waals surface area contributed by atoms with E-state index in [1.807, 2.05) is 0 Å². The standard InChI is InChI=1S/C25H20ClN3O7/c1-34-18-11-12-19(20(13-18)35-2)22-21-23(36-28(22)16-5-3-14(26)4-6-16)25(31)27(24(21)30)15-7-9-17(10-8-15)29(32)33/h3-13,21-23H,1-2H3/t21-,22+,23-/m1/s1. The molecule has 0 aliphatic carbocycles. The first kappa shape index (κ1) is 23.6. The molecule has 2 heterocycles. The minimum absolute atomic E-state index is 0.149. The fraction of sp³-hybridized carbons (Fsp3) is 0.200. The summed E-state index contributed by atoms with van der Waals surface area (Å²) in [5.74, 6) is -0.946. The Balaban J connectivity index is 1.59. The number of nitrogens with zero attached hydrogens (tertiary/aromatic N) is 3. The van der Waals surface area contributed by atoms with Gasteiger partial charge in [-0.1, -0.05) is 11.6 Å². The van der Waals surface area contributed by atoms with Crippen molar-refractivity contribution in [1.29, 1.82) is 0 Å². The van der Waals surface area contributed by atoms with E-state index >= 15 is 0 Å². The number of rotatable bonds is 6. The maximum absolute atomic E-state index is 13.7. The van der Waals surface area contributed by atoms with Gasteiger partial charge in [-0.05, 0) is 48.5 Å². The number of hydrogen-bond donors (Lipinski definition) is 0. The highest BCUT2D eigenvalue weighted by Crippen LogP contribution is 2.50. The number of carbonyl (C=O) groups excluding carboxylic acids is 2. The second-order valence-corrected chi connectivity index (χ2v) is 8.63. The molecular formula is C25H20ClN3O7. The van der Waals surface area contributed by atoms with Crippen LogP contribution in [-0.4, -0.2) is 37.1 Å². The number of amides is 2. The van der Waals surface area contributed by atoms with Crippen LogP contribution in [0.1, 0.15) is 11.6 Å². The summed E-state index contributed by atoms with van der Waals surface area (Å²) in [6.45, 7) is 0. The third-order valence-electron chi connectivity index (χ3n) is 6.27. The van der Waals surface area contributed by atoms with Crippen molar-refractivity contribution >= 4 is 40.5 Å². The molecule has 0 N–H and O–H groups in total. The van der Waals surface area contributed by atoms with Crippen LogP contribution in [0.2, 0.25) is 5.02 Å². The average Bonchev–Trinajstić information content (AvgIpc) is 3.39. The lowest BCUT2D eigenvalue weighted by atomic mass is 9.90. The van der Waals surface area contributed by atoms with Crippen molar-refractivity contribution in [2.75, 3.05) is 24.2 Å². The Bertz CT molecular complexity index is 1350. The first-order chi connectivity index (χ1) is 17.3. The lowest BCUT2D eigenvalue weighted by Crippen LogP contribution is -2.37. The molecule has 0 radical (unpaired) electrons. The van der Waals surface area contributed by atoms with Gasteiger partial charge in [0.2, 0.25) is 5.91 Å². The van der Waals surface area contributed by atoms with Crippen molar-refractivity contribution in [3.8, 4) is 11.5 Å². The zero-order chi connectivity index (χ0) is 25.6. The summed E-state index contributed by atoms with van der Waals surface area (Å²) in [5.41, 5.74) is 1.29. The van der Waals surface area contributed by atoms with Crippen LogP contribution in [-0.2, 0) is 14.4 Å². The Morgan fingerprint density at radius 2 is 1.58 bits per heavy atom. The number of hydrogen-bond acceptors (Lipinski definition) is 8. The maximum atomic E-state index is 13.7. The maximum Gasteiger partial charge on any atom is 0.269 e. The number of methoxy groups -OCH3 is 2. The molecule has 0 saturated carbocycles. The fourth-order valence-electron chi connectivity index (χ4n) is 4.58. The zero-order valence-electron chi connectivity index (χ0n) is 19.2. The largest absolute Gasteiger partial charge is 0.497 e. The first-order valence-electron chi connectivity index (χ1n) is 10.9. The molecule has 3 atom stereocenters. The van der Waals surface area contributed by atoms with Crippen molar-refractivity contribution in [1.82, 2.24) is 0 Å². The molecular weight excluding hydrogens is 490 g/mol. The van der Waals surface area contributed by atoms with Gasteiger partial charge in [0.1, 0.15) is 17.4 Å². The van der Waals surface area contributed by atoms with Gasteiger partial charge in [0, 0.05) is 28.8 Å². The van der Waals surface area contributed by atoms with Crippen LogP contribution >= 0.6 is 11.6 Å². The zero-order valence-corrected chi connectivity index (χ0v) is 19.9. The number of anilines is 2. The van der Waals surface area contributed by atoms with Crippen LogP contribution in [0.15, 0.2) is 66.7 Å². The molecule has 2 aliphatic rings. The van der Waals surface area contributed by atoms with Gasteiger partial charge < -0.3 is 9.47 Å². The highest BCUT2D eigenvalue weighted by molar-refractivity contribution is 6.30. The summed E-state index contributed by atoms with van der Waals surface area (Å²) in [6.07, 6.45) is -1.11. The number of halogens is 1. The predicted octanol–water partition coefficient (Wildman–Crippen LogP) is 4.32. The van der Waals surface area contributed by atoms with E-state index < -0.39 is 34.8 Å². The summed E-state index contributed by atoms with van der Waals surface area (Å²) in [4.78, 5) is 44.8. The molecule has 3 aromatic carbocycles. The van der Waals surface area contributed by atoms with E-state index in [4.69, 9.17) is 25.9 Å². The van der Waals surface area contributed by atoms with Crippen LogP contribution in [0.4, 0.5) is 17.1 Å². The molecule has 2 saturated heterocycles. The Kier molecular flexibility index (Phi) is 5.99. The predicted molar refractivity (Wildman–Crippen MR) is 130 cm³/mol. The van der Waals surface area contributed by atoms with E-state index in [0.717, 1.165) is 4.90 Å². The number of ether oxygens (including phenoxy) is 2. The van der Waals surface area contributed by atoms with Gasteiger partial charge >= 0.3 is 0 Å². The Labute approximate surface area is 210 Å². The Morgan fingerprint density at radius 3 is 2.19 bits per heavy atom. The van der Waals surface area contributed by atoms with Gasteiger partial charge in [-0.25, -0.2) is 9.96 Å². The number of nitro groups is 1. The molecule has 184 valence electrons. The van der Waals surface area contributed by atoms with Crippen LogP contribution in [0.5, 0.6) is 11.5 Å². The van der Waals surface area contributed by atoms with Crippen molar-refractivity contribution in [2.24, 2.45) is 5.92 Å². The van der Waals surface area contributed by atoms with Crippen LogP contribution < -0.4 is 19.4 Å². The minimum atomic E-state index is -1.11. The number of nitro benzene ring substituents is 1. The van der Waals surface area contributed by atoms with Crippen molar-refractivity contribution in [3.05, 3.63) is 87.4 Å². The third kappa shape index (κ3) is 3.80. The van der Waals surface area contributed by atoms with Gasteiger partial charge in [0.05, 0.1) is 36.6 Å². The summed E-state index contributed by atoms with van der Waals surface area (Å²) >= 11 is 6.06. The molecule has 2 aliphatic heterocycles. The number of imide groups is 1. The summed E-state index contributed by atoms with van der Waals surface area (Å²) in [6, 6.07) is 16.5. The lowest BCUT2D eigenvalue weighted by molar-refractivity contribution is -0.384. The average molecular weight is 510 g/mol. The van der Waals surface area contributed by atoms with Gasteiger partial charge in [0.25, 0.3) is 11.6 Å². The molecule has 3 aromatic rings. The van der Waals surface area contributed by atoms with Gasteiger partial charge in [-0.15, -0.1) is 0 Å². The van der Waals surface area contributed by atoms with Crippen molar-refractivity contribution < 1.29 is 28.8 Å². The van der Waals surface area contributed by atoms with Crippen LogP contribution in [0.25, 0.3) is 0 Å². The molecule has 5 rings (SSSR count). The molecule has 0 unspecified atom stereocenters. The van der Waals surface area contributed by atoms with Gasteiger partial charge in [0.15, 0.2) is 6.10 Å². The summed E-state index contributed by atoms with van der Waals surface area (Å²) in [5, 5.41) is 13.1. The van der Waals surface area contributed by atoms with E-state index in [0.29, 0.717) is 27.8 Å². The molecule has 0 spiro atoms.